The lowest BCUT2D eigenvalue weighted by atomic mass is 9.86. The van der Waals surface area contributed by atoms with Crippen LogP contribution in [0.1, 0.15) is 28.4 Å². The Morgan fingerprint density at radius 3 is 2.45 bits per heavy atom. The highest BCUT2D eigenvalue weighted by Gasteiger charge is 2.42. The summed E-state index contributed by atoms with van der Waals surface area (Å²) < 4.78 is 5.79. The molecule has 0 bridgehead atoms. The zero-order valence-electron chi connectivity index (χ0n) is 12.4. The van der Waals surface area contributed by atoms with Gasteiger partial charge in [0.25, 0.3) is 0 Å². The molecule has 0 saturated heterocycles. The van der Waals surface area contributed by atoms with Crippen LogP contribution in [0.25, 0.3) is 10.8 Å². The van der Waals surface area contributed by atoms with Crippen LogP contribution in [-0.2, 0) is 16.8 Å². The van der Waals surface area contributed by atoms with Crippen LogP contribution in [0.5, 0.6) is 0 Å². The molecule has 108 valence electrons. The number of carbonyl (C=O) groups is 1. The van der Waals surface area contributed by atoms with E-state index >= 15 is 0 Å². The van der Waals surface area contributed by atoms with Gasteiger partial charge in [0.15, 0.2) is 0 Å². The van der Waals surface area contributed by atoms with Gasteiger partial charge in [0.2, 0.25) is 0 Å². The lowest BCUT2D eigenvalue weighted by Gasteiger charge is -2.24. The molecule has 4 rings (SSSR count). The van der Waals surface area contributed by atoms with Gasteiger partial charge in [0, 0.05) is 12.0 Å². The maximum Gasteiger partial charge on any atom is 0.340 e. The normalized spacial score (nSPS) is 20.0. The summed E-state index contributed by atoms with van der Waals surface area (Å²) in [6.45, 7) is 2.00. The van der Waals surface area contributed by atoms with Crippen molar-refractivity contribution < 1.29 is 9.53 Å². The first-order chi connectivity index (χ1) is 10.7. The number of fused-ring (bicyclic) bond motifs is 3. The van der Waals surface area contributed by atoms with Crippen molar-refractivity contribution in [2.24, 2.45) is 0 Å². The van der Waals surface area contributed by atoms with E-state index < -0.39 is 5.60 Å². The summed E-state index contributed by atoms with van der Waals surface area (Å²) in [5, 5.41) is 2.05. The zero-order chi connectivity index (χ0) is 15.2. The number of rotatable bonds is 2. The summed E-state index contributed by atoms with van der Waals surface area (Å²) in [7, 11) is 0. The molecule has 0 spiro atoms. The van der Waals surface area contributed by atoms with Gasteiger partial charge in [-0.15, -0.1) is 0 Å². The predicted molar refractivity (Wildman–Crippen MR) is 86.9 cm³/mol. The molecule has 1 aliphatic rings. The van der Waals surface area contributed by atoms with Crippen molar-refractivity contribution in [1.29, 1.82) is 0 Å². The fourth-order valence-corrected chi connectivity index (χ4v) is 3.36. The Morgan fingerprint density at radius 2 is 1.64 bits per heavy atom. The van der Waals surface area contributed by atoms with Gasteiger partial charge in [0.05, 0.1) is 5.56 Å². The average Bonchev–Trinajstić information content (AvgIpc) is 2.79. The summed E-state index contributed by atoms with van der Waals surface area (Å²) in [6, 6.07) is 22.2. The van der Waals surface area contributed by atoms with Gasteiger partial charge in [0.1, 0.15) is 5.60 Å². The van der Waals surface area contributed by atoms with Gasteiger partial charge < -0.3 is 4.74 Å². The monoisotopic (exact) mass is 288 g/mol. The molecule has 3 aromatic carbocycles. The lowest BCUT2D eigenvalue weighted by molar-refractivity contribution is 0.00125. The third-order valence-corrected chi connectivity index (χ3v) is 4.41. The zero-order valence-corrected chi connectivity index (χ0v) is 12.4. The van der Waals surface area contributed by atoms with E-state index in [1.165, 1.54) is 5.56 Å². The quantitative estimate of drug-likeness (QED) is 0.650. The summed E-state index contributed by atoms with van der Waals surface area (Å²) >= 11 is 0. The van der Waals surface area contributed by atoms with Gasteiger partial charge in [-0.3, -0.25) is 0 Å². The van der Waals surface area contributed by atoms with Gasteiger partial charge >= 0.3 is 5.97 Å². The van der Waals surface area contributed by atoms with E-state index in [-0.39, 0.29) is 5.97 Å². The van der Waals surface area contributed by atoms with E-state index in [4.69, 9.17) is 4.74 Å². The number of hydrogen-bond donors (Lipinski definition) is 0. The molecular formula is C20H16O2. The van der Waals surface area contributed by atoms with E-state index in [9.17, 15) is 4.79 Å². The lowest BCUT2D eigenvalue weighted by Crippen LogP contribution is -2.24. The van der Waals surface area contributed by atoms with Gasteiger partial charge in [-0.25, -0.2) is 4.79 Å². The minimum absolute atomic E-state index is 0.217. The molecule has 0 amide bonds. The van der Waals surface area contributed by atoms with Crippen LogP contribution in [0.3, 0.4) is 0 Å². The molecule has 3 aromatic rings. The van der Waals surface area contributed by atoms with Crippen molar-refractivity contribution in [3.63, 3.8) is 0 Å². The molecule has 0 saturated carbocycles. The van der Waals surface area contributed by atoms with Crippen molar-refractivity contribution in [3.05, 3.63) is 83.4 Å². The average molecular weight is 288 g/mol. The number of esters is 1. The van der Waals surface area contributed by atoms with Crippen molar-refractivity contribution in [1.82, 2.24) is 0 Å². The minimum Gasteiger partial charge on any atom is -0.450 e. The first-order valence-electron chi connectivity index (χ1n) is 7.47. The number of benzene rings is 3. The highest BCUT2D eigenvalue weighted by atomic mass is 16.6. The third-order valence-electron chi connectivity index (χ3n) is 4.41. The third kappa shape index (κ3) is 1.92. The van der Waals surface area contributed by atoms with Crippen molar-refractivity contribution in [2.45, 2.75) is 18.9 Å². The van der Waals surface area contributed by atoms with Crippen LogP contribution in [-0.4, -0.2) is 5.97 Å². The number of ether oxygens (including phenoxy) is 1. The maximum atomic E-state index is 12.5. The molecule has 1 heterocycles. The standard InChI is InChI=1S/C20H16O2/c1-20(13-14-7-3-2-4-8-14)17-12-11-15-9-5-6-10-16(15)18(17)19(21)22-20/h2-12H,13H2,1H3. The van der Waals surface area contributed by atoms with Crippen LogP contribution in [0, 0.1) is 0 Å². The molecule has 1 unspecified atom stereocenters. The van der Waals surface area contributed by atoms with E-state index in [0.717, 1.165) is 21.9 Å². The second kappa shape index (κ2) is 4.70. The molecule has 0 aromatic heterocycles. The Kier molecular flexibility index (Phi) is 2.80. The van der Waals surface area contributed by atoms with Crippen LogP contribution in [0.4, 0.5) is 0 Å². The Hall–Kier alpha value is -2.61. The van der Waals surface area contributed by atoms with Crippen LogP contribution in [0.15, 0.2) is 66.7 Å². The van der Waals surface area contributed by atoms with E-state index in [1.54, 1.807) is 0 Å². The second-order valence-corrected chi connectivity index (χ2v) is 5.99. The Bertz CT molecular complexity index is 867. The highest BCUT2D eigenvalue weighted by molar-refractivity contribution is 6.08. The summed E-state index contributed by atoms with van der Waals surface area (Å²) in [5.74, 6) is -0.217. The predicted octanol–water partition coefficient (Wildman–Crippen LogP) is 4.47. The summed E-state index contributed by atoms with van der Waals surface area (Å²) in [6.07, 6.45) is 0.685. The number of hydrogen-bond acceptors (Lipinski definition) is 2. The molecule has 0 radical (unpaired) electrons. The fourth-order valence-electron chi connectivity index (χ4n) is 3.36. The summed E-state index contributed by atoms with van der Waals surface area (Å²) in [4.78, 5) is 12.5. The van der Waals surface area contributed by atoms with Gasteiger partial charge in [-0.1, -0.05) is 66.7 Å². The first kappa shape index (κ1) is 13.1. The first-order valence-corrected chi connectivity index (χ1v) is 7.47. The summed E-state index contributed by atoms with van der Waals surface area (Å²) in [5.41, 5.74) is 2.27. The highest BCUT2D eigenvalue weighted by Crippen LogP contribution is 2.41. The largest absolute Gasteiger partial charge is 0.450 e. The van der Waals surface area contributed by atoms with Crippen LogP contribution < -0.4 is 0 Å². The molecule has 0 aliphatic carbocycles. The molecule has 0 N–H and O–H groups in total. The van der Waals surface area contributed by atoms with E-state index in [2.05, 4.69) is 18.2 Å². The van der Waals surface area contributed by atoms with Crippen molar-refractivity contribution in [3.8, 4) is 0 Å². The van der Waals surface area contributed by atoms with Crippen LogP contribution in [0.2, 0.25) is 0 Å². The van der Waals surface area contributed by atoms with E-state index in [1.807, 2.05) is 55.5 Å². The molecule has 22 heavy (non-hydrogen) atoms. The SMILES string of the molecule is CC1(Cc2ccccc2)OC(=O)c2c1ccc1ccccc21. The molecule has 2 heteroatoms. The molecule has 0 fully saturated rings. The minimum atomic E-state index is -0.599. The fraction of sp³-hybridized carbons (Fsp3) is 0.150. The Balaban J connectivity index is 1.87. The van der Waals surface area contributed by atoms with Gasteiger partial charge in [-0.05, 0) is 23.3 Å². The van der Waals surface area contributed by atoms with Crippen molar-refractivity contribution >= 4 is 16.7 Å². The van der Waals surface area contributed by atoms with Crippen LogP contribution >= 0.6 is 0 Å². The number of carbonyl (C=O) groups excluding carboxylic acids is 1. The molecular weight excluding hydrogens is 272 g/mol. The second-order valence-electron chi connectivity index (χ2n) is 5.99. The Labute approximate surface area is 129 Å². The maximum absolute atomic E-state index is 12.5. The van der Waals surface area contributed by atoms with E-state index in [0.29, 0.717) is 6.42 Å². The smallest absolute Gasteiger partial charge is 0.340 e. The molecule has 1 atom stereocenters. The molecule has 2 nitrogen and oxygen atoms in total. The topological polar surface area (TPSA) is 26.3 Å². The van der Waals surface area contributed by atoms with Gasteiger partial charge in [-0.2, -0.15) is 0 Å². The van der Waals surface area contributed by atoms with Crippen molar-refractivity contribution in [2.75, 3.05) is 0 Å². The molecule has 1 aliphatic heterocycles. The number of cyclic esters (lactones) is 1. The Morgan fingerprint density at radius 1 is 0.909 bits per heavy atom.